The number of nitrogens with zero attached hydrogens (tertiary/aromatic N) is 1. The summed E-state index contributed by atoms with van der Waals surface area (Å²) in [5, 5.41) is 7.03. The number of carbonyl (C=O) groups is 2. The molecule has 3 N–H and O–H groups in total. The third kappa shape index (κ3) is 6.93. The third-order valence-corrected chi connectivity index (χ3v) is 4.97. The normalized spacial score (nSPS) is 11.1. The molecule has 1 aromatic carbocycles. The van der Waals surface area contributed by atoms with Crippen LogP contribution in [0.15, 0.2) is 24.4 Å². The number of alkyl halides is 3. The Morgan fingerprint density at radius 1 is 1.09 bits per heavy atom. The first kappa shape index (κ1) is 26.1. The van der Waals surface area contributed by atoms with Crippen molar-refractivity contribution in [1.82, 2.24) is 15.6 Å². The van der Waals surface area contributed by atoms with E-state index in [2.05, 4.69) is 20.9 Å². The summed E-state index contributed by atoms with van der Waals surface area (Å²) >= 11 is 23.0. The van der Waals surface area contributed by atoms with Gasteiger partial charge in [-0.1, -0.05) is 48.1 Å². The zero-order valence-electron chi connectivity index (χ0n) is 16.4. The molecular weight excluding hydrogens is 512 g/mol. The van der Waals surface area contributed by atoms with Gasteiger partial charge < -0.3 is 10.6 Å². The first-order chi connectivity index (χ1) is 14.9. The molecule has 1 aromatic heterocycles. The number of rotatable bonds is 6. The number of benzene rings is 1. The number of hydrogen-bond acceptors (Lipinski definition) is 4. The molecular formula is C19H16Cl3F3N4O2S. The number of aromatic nitrogens is 1. The van der Waals surface area contributed by atoms with Crippen molar-refractivity contribution in [3.8, 4) is 0 Å². The minimum absolute atomic E-state index is 0.0560. The van der Waals surface area contributed by atoms with Gasteiger partial charge >= 0.3 is 6.18 Å². The zero-order chi connectivity index (χ0) is 24.1. The highest BCUT2D eigenvalue weighted by Crippen LogP contribution is 2.32. The van der Waals surface area contributed by atoms with Crippen LogP contribution in [0.5, 0.6) is 0 Å². The average Bonchev–Trinajstić information content (AvgIpc) is 2.68. The van der Waals surface area contributed by atoms with Crippen LogP contribution in [0.2, 0.25) is 15.1 Å². The number of carbonyl (C=O) groups excluding carboxylic acids is 2. The van der Waals surface area contributed by atoms with Crippen LogP contribution in [0, 0.1) is 0 Å². The molecule has 0 saturated carbocycles. The number of thiocarbonyl (C=S) groups is 1. The molecule has 2 aromatic rings. The molecule has 0 aliphatic heterocycles. The molecule has 1 heterocycles. The van der Waals surface area contributed by atoms with E-state index in [0.29, 0.717) is 18.8 Å². The number of halogens is 6. The zero-order valence-corrected chi connectivity index (χ0v) is 19.5. The van der Waals surface area contributed by atoms with Crippen molar-refractivity contribution in [3.05, 3.63) is 56.3 Å². The lowest BCUT2D eigenvalue weighted by molar-refractivity contribution is -0.137. The Morgan fingerprint density at radius 3 is 2.38 bits per heavy atom. The largest absolute Gasteiger partial charge is 0.417 e. The quantitative estimate of drug-likeness (QED) is 0.331. The van der Waals surface area contributed by atoms with E-state index < -0.39 is 34.3 Å². The predicted octanol–water partition coefficient (Wildman–Crippen LogP) is 5.72. The summed E-state index contributed by atoms with van der Waals surface area (Å²) in [6.45, 7) is 2.40. The smallest absolute Gasteiger partial charge is 0.352 e. The monoisotopic (exact) mass is 526 g/mol. The minimum atomic E-state index is -4.66. The van der Waals surface area contributed by atoms with Gasteiger partial charge in [0.15, 0.2) is 5.11 Å². The highest BCUT2D eigenvalue weighted by atomic mass is 35.5. The highest BCUT2D eigenvalue weighted by molar-refractivity contribution is 7.80. The molecule has 2 amide bonds. The lowest BCUT2D eigenvalue weighted by Gasteiger charge is -2.16. The van der Waals surface area contributed by atoms with Gasteiger partial charge in [0.1, 0.15) is 5.69 Å². The second kappa shape index (κ2) is 11.1. The van der Waals surface area contributed by atoms with Crippen molar-refractivity contribution in [3.63, 3.8) is 0 Å². The van der Waals surface area contributed by atoms with Crippen LogP contribution in [0.1, 0.15) is 46.2 Å². The van der Waals surface area contributed by atoms with Crippen LogP contribution in [-0.2, 0) is 6.18 Å². The predicted molar refractivity (Wildman–Crippen MR) is 122 cm³/mol. The fourth-order valence-electron chi connectivity index (χ4n) is 2.42. The van der Waals surface area contributed by atoms with Gasteiger partial charge in [-0.3, -0.25) is 14.9 Å². The van der Waals surface area contributed by atoms with Gasteiger partial charge in [0.05, 0.1) is 26.9 Å². The Balaban J connectivity index is 2.19. The van der Waals surface area contributed by atoms with Crippen molar-refractivity contribution in [2.24, 2.45) is 0 Å². The van der Waals surface area contributed by atoms with Gasteiger partial charge in [0.25, 0.3) is 11.8 Å². The van der Waals surface area contributed by atoms with Gasteiger partial charge in [-0.15, -0.1) is 0 Å². The summed E-state index contributed by atoms with van der Waals surface area (Å²) in [6.07, 6.45) is -2.55. The number of amides is 2. The molecule has 13 heteroatoms. The third-order valence-electron chi connectivity index (χ3n) is 3.96. The Morgan fingerprint density at radius 2 is 1.78 bits per heavy atom. The average molecular weight is 528 g/mol. The molecule has 0 aliphatic carbocycles. The van der Waals surface area contributed by atoms with Crippen LogP contribution in [0.25, 0.3) is 0 Å². The minimum Gasteiger partial charge on any atom is -0.352 e. The Labute approximate surface area is 201 Å². The first-order valence-corrected chi connectivity index (χ1v) is 10.6. The molecule has 0 atom stereocenters. The molecule has 172 valence electrons. The SMILES string of the molecule is CCCCNC(=O)c1cc(Cl)cc(Cl)c1NC(=S)NC(=O)c1ncc(C(F)(F)F)cc1Cl. The van der Waals surface area contributed by atoms with Crippen LogP contribution < -0.4 is 16.0 Å². The number of unbranched alkanes of at least 4 members (excludes halogenated alkanes) is 1. The number of hydrogen-bond donors (Lipinski definition) is 3. The van der Waals surface area contributed by atoms with E-state index in [9.17, 15) is 22.8 Å². The maximum absolute atomic E-state index is 12.7. The maximum atomic E-state index is 12.7. The van der Waals surface area contributed by atoms with Crippen molar-refractivity contribution in [2.75, 3.05) is 11.9 Å². The fourth-order valence-corrected chi connectivity index (χ4v) is 3.41. The summed E-state index contributed by atoms with van der Waals surface area (Å²) in [6, 6.07) is 3.32. The lowest BCUT2D eigenvalue weighted by atomic mass is 10.1. The van der Waals surface area contributed by atoms with E-state index in [1.54, 1.807) is 0 Å². The summed E-state index contributed by atoms with van der Waals surface area (Å²) in [7, 11) is 0. The molecule has 2 rings (SSSR count). The van der Waals surface area contributed by atoms with Crippen LogP contribution in [0.3, 0.4) is 0 Å². The van der Waals surface area contributed by atoms with Crippen LogP contribution >= 0.6 is 47.0 Å². The Bertz CT molecular complexity index is 1050. The highest BCUT2D eigenvalue weighted by Gasteiger charge is 2.32. The topological polar surface area (TPSA) is 83.1 Å². The molecule has 0 radical (unpaired) electrons. The van der Waals surface area contributed by atoms with Gasteiger partial charge in [0.2, 0.25) is 0 Å². The van der Waals surface area contributed by atoms with E-state index in [1.165, 1.54) is 12.1 Å². The van der Waals surface area contributed by atoms with Crippen molar-refractivity contribution >= 4 is 69.6 Å². The summed E-state index contributed by atoms with van der Waals surface area (Å²) in [5.41, 5.74) is -1.40. The molecule has 0 saturated heterocycles. The molecule has 6 nitrogen and oxygen atoms in total. The second-order valence-electron chi connectivity index (χ2n) is 6.38. The van der Waals surface area contributed by atoms with Gasteiger partial charge in [0, 0.05) is 17.8 Å². The standard InChI is InChI=1S/C19H16Cl3F3N4O2S/c1-2-3-4-26-16(30)11-6-10(20)7-13(22)14(11)28-18(32)29-17(31)15-12(21)5-9(8-27-15)19(23,24)25/h5-8H,2-4H2,1H3,(H,26,30)(H2,28,29,31,32). The van der Waals surface area contributed by atoms with Crippen molar-refractivity contribution in [2.45, 2.75) is 25.9 Å². The number of anilines is 1. The van der Waals surface area contributed by atoms with E-state index in [-0.39, 0.29) is 26.4 Å². The van der Waals surface area contributed by atoms with E-state index in [1.807, 2.05) is 6.92 Å². The van der Waals surface area contributed by atoms with Crippen molar-refractivity contribution in [1.29, 1.82) is 0 Å². The van der Waals surface area contributed by atoms with Gasteiger partial charge in [-0.25, -0.2) is 4.98 Å². The summed E-state index contributed by atoms with van der Waals surface area (Å²) < 4.78 is 38.2. The fraction of sp³-hybridized carbons (Fsp3) is 0.263. The Kier molecular flexibility index (Phi) is 9.08. The van der Waals surface area contributed by atoms with Crippen LogP contribution in [-0.4, -0.2) is 28.5 Å². The molecule has 0 fully saturated rings. The molecule has 0 bridgehead atoms. The second-order valence-corrected chi connectivity index (χ2v) is 8.04. The molecule has 0 unspecified atom stereocenters. The van der Waals surface area contributed by atoms with E-state index >= 15 is 0 Å². The molecule has 0 spiro atoms. The maximum Gasteiger partial charge on any atom is 0.417 e. The van der Waals surface area contributed by atoms with Crippen molar-refractivity contribution < 1.29 is 22.8 Å². The Hall–Kier alpha value is -2.14. The lowest BCUT2D eigenvalue weighted by Crippen LogP contribution is -2.36. The van der Waals surface area contributed by atoms with Gasteiger partial charge in [-0.2, -0.15) is 13.2 Å². The summed E-state index contributed by atoms with van der Waals surface area (Å²) in [4.78, 5) is 28.3. The first-order valence-electron chi connectivity index (χ1n) is 9.06. The van der Waals surface area contributed by atoms with E-state index in [4.69, 9.17) is 47.0 Å². The molecule has 0 aliphatic rings. The summed E-state index contributed by atoms with van der Waals surface area (Å²) in [5.74, 6) is -1.42. The van der Waals surface area contributed by atoms with E-state index in [0.717, 1.165) is 12.8 Å². The van der Waals surface area contributed by atoms with Gasteiger partial charge in [-0.05, 0) is 36.8 Å². The van der Waals surface area contributed by atoms with Crippen LogP contribution in [0.4, 0.5) is 18.9 Å². The number of nitrogens with one attached hydrogen (secondary N) is 3. The number of pyridine rings is 1. The molecule has 32 heavy (non-hydrogen) atoms.